The first-order valence-corrected chi connectivity index (χ1v) is 10.7. The van der Waals surface area contributed by atoms with E-state index >= 15 is 0 Å². The number of fused-ring (bicyclic) bond motifs is 2. The van der Waals surface area contributed by atoms with Gasteiger partial charge in [0, 0.05) is 22.0 Å². The highest BCUT2D eigenvalue weighted by Gasteiger charge is 2.24. The van der Waals surface area contributed by atoms with Crippen molar-refractivity contribution in [2.45, 2.75) is 6.10 Å². The van der Waals surface area contributed by atoms with Crippen LogP contribution in [0.4, 0.5) is 5.69 Å². The van der Waals surface area contributed by atoms with Gasteiger partial charge in [0.05, 0.1) is 35.9 Å². The largest absolute Gasteiger partial charge is 0.394 e. The molecule has 5 rings (SSSR count). The van der Waals surface area contributed by atoms with Gasteiger partial charge in [0.25, 0.3) is 11.5 Å². The van der Waals surface area contributed by atoms with Crippen molar-refractivity contribution in [1.29, 1.82) is 0 Å². The molecular weight excluding hydrogens is 434 g/mol. The van der Waals surface area contributed by atoms with E-state index < -0.39 is 18.6 Å². The molecule has 0 spiro atoms. The topological polar surface area (TPSA) is 135 Å². The normalized spacial score (nSPS) is 12.2. The van der Waals surface area contributed by atoms with Crippen LogP contribution in [0.1, 0.15) is 10.5 Å². The highest BCUT2D eigenvalue weighted by atomic mass is 16.3. The number of aliphatic hydroxyl groups is 2. The van der Waals surface area contributed by atoms with E-state index in [2.05, 4.69) is 20.4 Å². The van der Waals surface area contributed by atoms with Crippen LogP contribution in [0.2, 0.25) is 0 Å². The minimum atomic E-state index is -1.13. The molecule has 5 aromatic rings. The predicted octanol–water partition coefficient (Wildman–Crippen LogP) is 2.47. The molecule has 0 saturated heterocycles. The summed E-state index contributed by atoms with van der Waals surface area (Å²) in [4.78, 5) is 26.9. The molecule has 0 fully saturated rings. The Kier molecular flexibility index (Phi) is 5.62. The molecule has 0 radical (unpaired) electrons. The van der Waals surface area contributed by atoms with Gasteiger partial charge in [-0.3, -0.25) is 14.7 Å². The average Bonchev–Trinajstić information content (AvgIpc) is 3.32. The van der Waals surface area contributed by atoms with E-state index in [1.165, 1.54) is 4.90 Å². The van der Waals surface area contributed by atoms with E-state index in [1.54, 1.807) is 42.5 Å². The van der Waals surface area contributed by atoms with Gasteiger partial charge in [0.15, 0.2) is 5.69 Å². The van der Waals surface area contributed by atoms with Crippen molar-refractivity contribution >= 4 is 33.3 Å². The number of para-hydroxylation sites is 1. The lowest BCUT2D eigenvalue weighted by molar-refractivity contribution is 0.0865. The third kappa shape index (κ3) is 3.83. The predicted molar refractivity (Wildman–Crippen MR) is 129 cm³/mol. The SMILES string of the molecule is O=C(c1n[nH]c2ccccc12)N(CC(O)CO)c1ccc(-c2n[nH]c(=O)c3ccccc23)cc1. The summed E-state index contributed by atoms with van der Waals surface area (Å²) < 4.78 is 0. The van der Waals surface area contributed by atoms with Crippen LogP contribution in [0.15, 0.2) is 77.6 Å². The first-order chi connectivity index (χ1) is 16.6. The molecule has 1 unspecified atom stereocenters. The first-order valence-electron chi connectivity index (χ1n) is 10.7. The van der Waals surface area contributed by atoms with Crippen LogP contribution in [0.5, 0.6) is 0 Å². The lowest BCUT2D eigenvalue weighted by Gasteiger charge is -2.24. The monoisotopic (exact) mass is 455 g/mol. The quantitative estimate of drug-likeness (QED) is 0.311. The number of amides is 1. The Balaban J connectivity index is 1.54. The standard InChI is InChI=1S/C25H21N5O4/c31-14-17(32)13-30(25(34)23-20-7-3-4-8-21(20)26-28-23)16-11-9-15(10-12-16)22-18-5-1-2-6-19(18)24(33)29-27-22/h1-12,17,31-32H,13-14H2,(H,26,28)(H,29,33). The van der Waals surface area contributed by atoms with E-state index in [0.717, 1.165) is 11.1 Å². The second kappa shape index (κ2) is 8.89. The zero-order valence-electron chi connectivity index (χ0n) is 18.0. The second-order valence-corrected chi connectivity index (χ2v) is 7.86. The summed E-state index contributed by atoms with van der Waals surface area (Å²) in [5.74, 6) is -0.412. The van der Waals surface area contributed by atoms with E-state index in [-0.39, 0.29) is 17.8 Å². The summed E-state index contributed by atoms with van der Waals surface area (Å²) in [6.07, 6.45) is -1.13. The Morgan fingerprint density at radius 2 is 1.56 bits per heavy atom. The maximum Gasteiger partial charge on any atom is 0.279 e. The molecule has 1 amide bonds. The Hall–Kier alpha value is -4.34. The number of nitrogens with one attached hydrogen (secondary N) is 2. The second-order valence-electron chi connectivity index (χ2n) is 7.86. The van der Waals surface area contributed by atoms with E-state index in [1.807, 2.05) is 30.3 Å². The highest BCUT2D eigenvalue weighted by Crippen LogP contribution is 2.28. The summed E-state index contributed by atoms with van der Waals surface area (Å²) in [5.41, 5.74) is 2.54. The maximum absolute atomic E-state index is 13.4. The van der Waals surface area contributed by atoms with Gasteiger partial charge >= 0.3 is 0 Å². The number of aromatic amines is 2. The fraction of sp³-hybridized carbons (Fsp3) is 0.120. The number of rotatable bonds is 6. The van der Waals surface area contributed by atoms with Crippen LogP contribution in [-0.2, 0) is 0 Å². The molecule has 2 aromatic heterocycles. The Bertz CT molecular complexity index is 1540. The molecule has 9 heteroatoms. The van der Waals surface area contributed by atoms with Crippen molar-refractivity contribution in [3.8, 4) is 11.3 Å². The van der Waals surface area contributed by atoms with E-state index in [4.69, 9.17) is 0 Å². The van der Waals surface area contributed by atoms with Crippen molar-refractivity contribution in [3.05, 3.63) is 88.8 Å². The number of hydrogen-bond acceptors (Lipinski definition) is 6. The molecule has 3 aromatic carbocycles. The number of carbonyl (C=O) groups excluding carboxylic acids is 1. The molecular formula is C25H21N5O4. The van der Waals surface area contributed by atoms with Crippen molar-refractivity contribution in [2.75, 3.05) is 18.1 Å². The molecule has 9 nitrogen and oxygen atoms in total. The third-order valence-corrected chi connectivity index (χ3v) is 5.67. The van der Waals surface area contributed by atoms with Crippen molar-refractivity contribution in [3.63, 3.8) is 0 Å². The van der Waals surface area contributed by atoms with Crippen LogP contribution in [-0.4, -0.2) is 55.8 Å². The van der Waals surface area contributed by atoms with E-state index in [9.17, 15) is 19.8 Å². The number of nitrogens with zero attached hydrogens (tertiary/aromatic N) is 3. The summed E-state index contributed by atoms with van der Waals surface area (Å²) in [6.45, 7) is -0.605. The van der Waals surface area contributed by atoms with Crippen molar-refractivity contribution < 1.29 is 15.0 Å². The van der Waals surface area contributed by atoms with Crippen LogP contribution in [0.25, 0.3) is 32.9 Å². The first kappa shape index (κ1) is 21.5. The van der Waals surface area contributed by atoms with Gasteiger partial charge in [0.2, 0.25) is 0 Å². The van der Waals surface area contributed by atoms with Gasteiger partial charge in [-0.15, -0.1) is 0 Å². The van der Waals surface area contributed by atoms with Gasteiger partial charge < -0.3 is 15.1 Å². The van der Waals surface area contributed by atoms with Crippen LogP contribution >= 0.6 is 0 Å². The van der Waals surface area contributed by atoms with Crippen LogP contribution in [0, 0.1) is 0 Å². The molecule has 0 saturated carbocycles. The van der Waals surface area contributed by atoms with Gasteiger partial charge in [-0.1, -0.05) is 48.5 Å². The lowest BCUT2D eigenvalue weighted by Crippen LogP contribution is -2.39. The molecule has 0 aliphatic carbocycles. The summed E-state index contributed by atoms with van der Waals surface area (Å²) >= 11 is 0. The van der Waals surface area contributed by atoms with Crippen LogP contribution in [0.3, 0.4) is 0 Å². The van der Waals surface area contributed by atoms with E-state index in [0.29, 0.717) is 27.5 Å². The maximum atomic E-state index is 13.4. The molecule has 4 N–H and O–H groups in total. The lowest BCUT2D eigenvalue weighted by atomic mass is 10.0. The summed E-state index contributed by atoms with van der Waals surface area (Å²) in [7, 11) is 0. The summed E-state index contributed by atoms with van der Waals surface area (Å²) in [6, 6.07) is 21.5. The van der Waals surface area contributed by atoms with Crippen molar-refractivity contribution in [2.24, 2.45) is 0 Å². The Morgan fingerprint density at radius 1 is 0.882 bits per heavy atom. The average molecular weight is 455 g/mol. The number of benzene rings is 3. The molecule has 0 bridgehead atoms. The summed E-state index contributed by atoms with van der Waals surface area (Å²) in [5, 5.41) is 35.2. The fourth-order valence-electron chi connectivity index (χ4n) is 3.96. The van der Waals surface area contributed by atoms with Gasteiger partial charge in [-0.05, 0) is 24.3 Å². The van der Waals surface area contributed by atoms with Crippen molar-refractivity contribution in [1.82, 2.24) is 20.4 Å². The number of aliphatic hydroxyl groups excluding tert-OH is 2. The molecule has 0 aliphatic heterocycles. The minimum absolute atomic E-state index is 0.115. The number of H-pyrrole nitrogens is 2. The Labute approximate surface area is 193 Å². The smallest absolute Gasteiger partial charge is 0.279 e. The minimum Gasteiger partial charge on any atom is -0.394 e. The number of aromatic nitrogens is 4. The zero-order valence-corrected chi connectivity index (χ0v) is 18.0. The fourth-order valence-corrected chi connectivity index (χ4v) is 3.96. The molecule has 0 aliphatic rings. The number of anilines is 1. The molecule has 170 valence electrons. The van der Waals surface area contributed by atoms with Gasteiger partial charge in [0.1, 0.15) is 0 Å². The third-order valence-electron chi connectivity index (χ3n) is 5.67. The highest BCUT2D eigenvalue weighted by molar-refractivity contribution is 6.12. The molecule has 2 heterocycles. The molecule has 1 atom stereocenters. The van der Waals surface area contributed by atoms with Gasteiger partial charge in [-0.25, -0.2) is 5.10 Å². The molecule has 34 heavy (non-hydrogen) atoms. The number of carbonyl (C=O) groups is 1. The van der Waals surface area contributed by atoms with Crippen LogP contribution < -0.4 is 10.5 Å². The Morgan fingerprint density at radius 3 is 2.29 bits per heavy atom. The zero-order chi connectivity index (χ0) is 23.7. The van der Waals surface area contributed by atoms with Gasteiger partial charge in [-0.2, -0.15) is 10.2 Å². The number of hydrogen-bond donors (Lipinski definition) is 4.